The molecule has 0 aromatic rings. The van der Waals surface area contributed by atoms with Crippen molar-refractivity contribution < 1.29 is 15.0 Å². The average molecular weight is 315 g/mol. The van der Waals surface area contributed by atoms with Gasteiger partial charge in [-0.3, -0.25) is 9.69 Å². The second kappa shape index (κ2) is 12.9. The lowest BCUT2D eigenvalue weighted by atomic mass is 10.1. The van der Waals surface area contributed by atoms with E-state index >= 15 is 0 Å². The number of amides is 1. The molecular weight excluding hydrogens is 278 g/mol. The third kappa shape index (κ3) is 12.0. The van der Waals surface area contributed by atoms with Crippen molar-refractivity contribution >= 4 is 5.91 Å². The van der Waals surface area contributed by atoms with Crippen molar-refractivity contribution in [3.05, 3.63) is 0 Å². The molecule has 1 amide bonds. The van der Waals surface area contributed by atoms with E-state index in [1.807, 2.05) is 0 Å². The number of rotatable bonds is 14. The van der Waals surface area contributed by atoms with E-state index in [1.165, 1.54) is 71.6 Å². The Morgan fingerprint density at radius 3 is 1.50 bits per heavy atom. The fraction of sp³-hybridized carbons (Fsp3) is 0.944. The molecule has 0 spiro atoms. The maximum absolute atomic E-state index is 11.3. The number of aliphatic hydroxyl groups is 2. The maximum Gasteiger partial charge on any atom is 0.245 e. The van der Waals surface area contributed by atoms with E-state index < -0.39 is 5.91 Å². The van der Waals surface area contributed by atoms with Gasteiger partial charge in [0.1, 0.15) is 0 Å². The SMILES string of the molecule is CCCCCCCCCCCCCCN(C(C)=O)C(C)(O)O. The third-order valence-electron chi connectivity index (χ3n) is 4.13. The molecule has 0 radical (unpaired) electrons. The van der Waals surface area contributed by atoms with E-state index in [0.717, 1.165) is 24.2 Å². The molecule has 2 N–H and O–H groups in total. The van der Waals surface area contributed by atoms with E-state index in [2.05, 4.69) is 6.92 Å². The van der Waals surface area contributed by atoms with Crippen LogP contribution >= 0.6 is 0 Å². The highest BCUT2D eigenvalue weighted by molar-refractivity contribution is 5.73. The lowest BCUT2D eigenvalue weighted by molar-refractivity contribution is -0.244. The molecule has 0 unspecified atom stereocenters. The van der Waals surface area contributed by atoms with E-state index in [0.29, 0.717) is 6.54 Å². The van der Waals surface area contributed by atoms with Crippen molar-refractivity contribution in [3.63, 3.8) is 0 Å². The van der Waals surface area contributed by atoms with Crippen molar-refractivity contribution in [3.8, 4) is 0 Å². The van der Waals surface area contributed by atoms with Crippen LogP contribution in [0.15, 0.2) is 0 Å². The van der Waals surface area contributed by atoms with Crippen LogP contribution in [0.5, 0.6) is 0 Å². The Balaban J connectivity index is 3.41. The Hall–Kier alpha value is -0.610. The fourth-order valence-corrected chi connectivity index (χ4v) is 2.78. The molecule has 0 aliphatic carbocycles. The van der Waals surface area contributed by atoms with E-state index in [-0.39, 0.29) is 5.91 Å². The van der Waals surface area contributed by atoms with Crippen LogP contribution in [0, 0.1) is 0 Å². The van der Waals surface area contributed by atoms with Gasteiger partial charge in [0.2, 0.25) is 11.8 Å². The summed E-state index contributed by atoms with van der Waals surface area (Å²) < 4.78 is 0. The number of carbonyl (C=O) groups excluding carboxylic acids is 1. The van der Waals surface area contributed by atoms with Crippen molar-refractivity contribution in [2.24, 2.45) is 0 Å². The monoisotopic (exact) mass is 315 g/mol. The Morgan fingerprint density at radius 2 is 1.18 bits per heavy atom. The van der Waals surface area contributed by atoms with Crippen LogP contribution in [0.25, 0.3) is 0 Å². The summed E-state index contributed by atoms with van der Waals surface area (Å²) in [5, 5.41) is 19.0. The number of carbonyl (C=O) groups is 1. The summed E-state index contributed by atoms with van der Waals surface area (Å²) in [4.78, 5) is 12.4. The molecule has 0 aromatic carbocycles. The first-order valence-corrected chi connectivity index (χ1v) is 9.12. The Labute approximate surface area is 136 Å². The predicted octanol–water partition coefficient (Wildman–Crippen LogP) is 4.19. The zero-order valence-electron chi connectivity index (χ0n) is 14.9. The van der Waals surface area contributed by atoms with Gasteiger partial charge in [-0.25, -0.2) is 0 Å². The number of hydrogen-bond donors (Lipinski definition) is 2. The van der Waals surface area contributed by atoms with Gasteiger partial charge in [-0.2, -0.15) is 0 Å². The van der Waals surface area contributed by atoms with Crippen molar-refractivity contribution in [2.45, 2.75) is 104 Å². The lowest BCUT2D eigenvalue weighted by Crippen LogP contribution is -2.49. The maximum atomic E-state index is 11.3. The second-order valence-electron chi connectivity index (χ2n) is 6.53. The fourth-order valence-electron chi connectivity index (χ4n) is 2.78. The minimum absolute atomic E-state index is 0.296. The van der Waals surface area contributed by atoms with Crippen LogP contribution in [0.1, 0.15) is 97.8 Å². The second-order valence-corrected chi connectivity index (χ2v) is 6.53. The molecule has 4 nitrogen and oxygen atoms in total. The van der Waals surface area contributed by atoms with E-state index in [1.54, 1.807) is 0 Å². The number of nitrogens with zero attached hydrogens (tertiary/aromatic N) is 1. The van der Waals surface area contributed by atoms with Gasteiger partial charge in [-0.1, -0.05) is 77.6 Å². The van der Waals surface area contributed by atoms with Crippen LogP contribution in [-0.4, -0.2) is 33.5 Å². The highest BCUT2D eigenvalue weighted by atomic mass is 16.5. The summed E-state index contributed by atoms with van der Waals surface area (Å²) in [5.74, 6) is -2.33. The zero-order valence-corrected chi connectivity index (χ0v) is 14.9. The molecule has 0 atom stereocenters. The van der Waals surface area contributed by atoms with Gasteiger partial charge in [-0.15, -0.1) is 0 Å². The van der Waals surface area contributed by atoms with Crippen LogP contribution in [0.2, 0.25) is 0 Å². The summed E-state index contributed by atoms with van der Waals surface area (Å²) in [6.07, 6.45) is 15.1. The predicted molar refractivity (Wildman–Crippen MR) is 91.3 cm³/mol. The highest BCUT2D eigenvalue weighted by Crippen LogP contribution is 2.13. The van der Waals surface area contributed by atoms with Crippen molar-refractivity contribution in [1.29, 1.82) is 0 Å². The number of hydrogen-bond acceptors (Lipinski definition) is 3. The Kier molecular flexibility index (Phi) is 12.5. The first-order chi connectivity index (χ1) is 10.4. The summed E-state index contributed by atoms with van der Waals surface area (Å²) >= 11 is 0. The third-order valence-corrected chi connectivity index (χ3v) is 4.13. The molecular formula is C18H37NO3. The van der Waals surface area contributed by atoms with Gasteiger partial charge in [-0.05, 0) is 6.42 Å². The molecule has 0 saturated carbocycles. The molecule has 0 saturated heterocycles. The molecule has 22 heavy (non-hydrogen) atoms. The topological polar surface area (TPSA) is 60.8 Å². The molecule has 0 aliphatic rings. The molecule has 0 rings (SSSR count). The lowest BCUT2D eigenvalue weighted by Gasteiger charge is -2.31. The first kappa shape index (κ1) is 21.4. The van der Waals surface area contributed by atoms with Gasteiger partial charge in [0, 0.05) is 20.4 Å². The molecule has 4 heteroatoms. The quantitative estimate of drug-likeness (QED) is 0.373. The minimum atomic E-state index is -2.04. The van der Waals surface area contributed by atoms with Crippen LogP contribution < -0.4 is 0 Å². The standard InChI is InChI=1S/C18H37NO3/c1-4-5-6-7-8-9-10-11-12-13-14-15-16-19(17(2)20)18(3,21)22/h21-22H,4-16H2,1-3H3. The zero-order chi connectivity index (χ0) is 16.8. The number of unbranched alkanes of at least 4 members (excludes halogenated alkanes) is 11. The molecule has 0 heterocycles. The highest BCUT2D eigenvalue weighted by Gasteiger charge is 2.27. The van der Waals surface area contributed by atoms with Crippen LogP contribution in [0.3, 0.4) is 0 Å². The van der Waals surface area contributed by atoms with Gasteiger partial charge in [0.05, 0.1) is 0 Å². The molecule has 0 aromatic heterocycles. The average Bonchev–Trinajstić information content (AvgIpc) is 2.42. The minimum Gasteiger partial charge on any atom is -0.349 e. The molecule has 0 fully saturated rings. The summed E-state index contributed by atoms with van der Waals surface area (Å²) in [6.45, 7) is 5.26. The summed E-state index contributed by atoms with van der Waals surface area (Å²) in [6, 6.07) is 0. The van der Waals surface area contributed by atoms with E-state index in [9.17, 15) is 15.0 Å². The molecule has 0 bridgehead atoms. The largest absolute Gasteiger partial charge is 0.349 e. The summed E-state index contributed by atoms with van der Waals surface area (Å²) in [7, 11) is 0. The first-order valence-electron chi connectivity index (χ1n) is 9.12. The Morgan fingerprint density at radius 1 is 0.818 bits per heavy atom. The van der Waals surface area contributed by atoms with Gasteiger partial charge in [0.15, 0.2) is 0 Å². The van der Waals surface area contributed by atoms with Crippen molar-refractivity contribution in [1.82, 2.24) is 4.90 Å². The van der Waals surface area contributed by atoms with Crippen LogP contribution in [0.4, 0.5) is 0 Å². The van der Waals surface area contributed by atoms with Gasteiger partial charge >= 0.3 is 0 Å². The van der Waals surface area contributed by atoms with Crippen LogP contribution in [-0.2, 0) is 4.79 Å². The van der Waals surface area contributed by atoms with Crippen molar-refractivity contribution in [2.75, 3.05) is 6.54 Å². The Bertz CT molecular complexity index is 274. The van der Waals surface area contributed by atoms with E-state index in [4.69, 9.17) is 0 Å². The van der Waals surface area contributed by atoms with Gasteiger partial charge in [0.25, 0.3) is 0 Å². The van der Waals surface area contributed by atoms with Gasteiger partial charge < -0.3 is 10.2 Å². The normalized spacial score (nSPS) is 11.7. The molecule has 132 valence electrons. The smallest absolute Gasteiger partial charge is 0.245 e. The summed E-state index contributed by atoms with van der Waals surface area (Å²) in [5.41, 5.74) is 0. The molecule has 0 aliphatic heterocycles.